The Morgan fingerprint density at radius 2 is 1.76 bits per heavy atom. The maximum absolute atomic E-state index is 13.1. The van der Waals surface area contributed by atoms with Gasteiger partial charge in [0.15, 0.2) is 0 Å². The molecule has 9 nitrogen and oxygen atoms in total. The molecule has 0 spiro atoms. The number of piperazine rings is 1. The zero-order valence-corrected chi connectivity index (χ0v) is 22.6. The van der Waals surface area contributed by atoms with Gasteiger partial charge in [0.2, 0.25) is 0 Å². The van der Waals surface area contributed by atoms with Gasteiger partial charge in [-0.05, 0) is 52.3 Å². The largest absolute Gasteiger partial charge is 0.463 e. The van der Waals surface area contributed by atoms with E-state index in [4.69, 9.17) is 4.74 Å². The lowest BCUT2D eigenvalue weighted by Crippen LogP contribution is -2.59. The predicted molar refractivity (Wildman–Crippen MR) is 135 cm³/mol. The Morgan fingerprint density at radius 3 is 2.29 bits per heavy atom. The molecule has 2 aliphatic heterocycles. The number of nitrogens with one attached hydrogen (secondary N) is 2. The minimum Gasteiger partial charge on any atom is -0.463 e. The van der Waals surface area contributed by atoms with Gasteiger partial charge in [0.1, 0.15) is 0 Å². The number of ether oxygens (including phenoxy) is 1. The number of carbonyl (C=O) groups is 3. The number of alkyl halides is 3. The van der Waals surface area contributed by atoms with Gasteiger partial charge in [-0.15, -0.1) is 0 Å². The number of urea groups is 2. The number of benzene rings is 1. The number of hydrogen-bond acceptors (Lipinski definition) is 5. The topological polar surface area (TPSA) is 94.2 Å². The van der Waals surface area contributed by atoms with Crippen molar-refractivity contribution in [2.45, 2.75) is 58.4 Å². The van der Waals surface area contributed by atoms with Crippen LogP contribution in [0.4, 0.5) is 22.8 Å². The zero-order valence-electron chi connectivity index (χ0n) is 22.6. The molecule has 2 atom stereocenters. The first kappa shape index (κ1) is 29.3. The van der Waals surface area contributed by atoms with Gasteiger partial charge in [-0.1, -0.05) is 12.1 Å². The summed E-state index contributed by atoms with van der Waals surface area (Å²) in [7, 11) is 1.53. The first-order valence-corrected chi connectivity index (χ1v) is 12.5. The van der Waals surface area contributed by atoms with Gasteiger partial charge in [0.05, 0.1) is 23.8 Å². The molecule has 0 bridgehead atoms. The van der Waals surface area contributed by atoms with Crippen molar-refractivity contribution in [2.24, 2.45) is 0 Å². The molecule has 210 valence electrons. The van der Waals surface area contributed by atoms with Crippen molar-refractivity contribution in [3.63, 3.8) is 0 Å². The molecule has 1 aromatic rings. The fourth-order valence-electron chi connectivity index (χ4n) is 4.60. The summed E-state index contributed by atoms with van der Waals surface area (Å²) in [6, 6.07) is 2.59. The summed E-state index contributed by atoms with van der Waals surface area (Å²) >= 11 is 0. The number of esters is 1. The molecule has 3 rings (SSSR count). The van der Waals surface area contributed by atoms with E-state index in [-0.39, 0.29) is 36.3 Å². The molecule has 0 saturated carbocycles. The van der Waals surface area contributed by atoms with E-state index in [1.807, 2.05) is 32.6 Å². The molecule has 1 aromatic carbocycles. The third-order valence-corrected chi connectivity index (χ3v) is 6.47. The minimum absolute atomic E-state index is 0.0889. The van der Waals surface area contributed by atoms with Gasteiger partial charge in [-0.25, -0.2) is 14.4 Å². The third kappa shape index (κ3) is 6.77. The Labute approximate surface area is 221 Å². The average molecular weight is 540 g/mol. The fourth-order valence-corrected chi connectivity index (χ4v) is 4.60. The zero-order chi connectivity index (χ0) is 28.4. The molecule has 2 aliphatic rings. The van der Waals surface area contributed by atoms with Crippen molar-refractivity contribution in [3.8, 4) is 0 Å². The summed E-state index contributed by atoms with van der Waals surface area (Å²) in [5.74, 6) is -0.657. The number of hydrogen-bond donors (Lipinski definition) is 2. The first-order chi connectivity index (χ1) is 17.6. The second-order valence-corrected chi connectivity index (χ2v) is 10.6. The van der Waals surface area contributed by atoms with E-state index in [0.29, 0.717) is 30.9 Å². The van der Waals surface area contributed by atoms with E-state index >= 15 is 0 Å². The maximum atomic E-state index is 13.1. The van der Waals surface area contributed by atoms with Crippen LogP contribution in [0, 0.1) is 0 Å². The number of nitrogens with zero attached hydrogens (tertiary/aromatic N) is 3. The van der Waals surface area contributed by atoms with Gasteiger partial charge in [0.25, 0.3) is 0 Å². The Kier molecular flexibility index (Phi) is 8.65. The molecule has 2 N–H and O–H groups in total. The van der Waals surface area contributed by atoms with Gasteiger partial charge in [0, 0.05) is 50.5 Å². The van der Waals surface area contributed by atoms with Gasteiger partial charge >= 0.3 is 24.2 Å². The van der Waals surface area contributed by atoms with Crippen LogP contribution >= 0.6 is 0 Å². The summed E-state index contributed by atoms with van der Waals surface area (Å²) < 4.78 is 44.6. The highest BCUT2D eigenvalue weighted by Crippen LogP contribution is 2.34. The smallest absolute Gasteiger partial charge is 0.416 e. The normalized spacial score (nSPS) is 21.3. The van der Waals surface area contributed by atoms with Gasteiger partial charge in [-0.3, -0.25) is 9.80 Å². The lowest BCUT2D eigenvalue weighted by Gasteiger charge is -2.43. The standard InChI is InChI=1S/C26H36F3N5O4/c1-7-38-22(35)20-19(15-33-12-13-34(16(2)14-33)24(37)31-25(3,4)5)32(6)23(36)30-21(20)17-8-10-18(11-9-17)26(27,28)29/h8-11,16,21H,7,12-15H2,1-6H3,(H,30,36)(H,31,37). The van der Waals surface area contributed by atoms with Crippen LogP contribution < -0.4 is 10.6 Å². The summed E-state index contributed by atoms with van der Waals surface area (Å²) in [4.78, 5) is 43.9. The van der Waals surface area contributed by atoms with E-state index in [1.54, 1.807) is 11.8 Å². The Morgan fingerprint density at radius 1 is 1.13 bits per heavy atom. The molecule has 0 aromatic heterocycles. The summed E-state index contributed by atoms with van der Waals surface area (Å²) in [6.45, 7) is 11.1. The molecule has 0 aliphatic carbocycles. The van der Waals surface area contributed by atoms with Crippen LogP contribution in [0.25, 0.3) is 0 Å². The van der Waals surface area contributed by atoms with E-state index in [2.05, 4.69) is 10.6 Å². The lowest BCUT2D eigenvalue weighted by atomic mass is 9.93. The molecular formula is C26H36F3N5O4. The van der Waals surface area contributed by atoms with E-state index in [9.17, 15) is 27.6 Å². The second-order valence-electron chi connectivity index (χ2n) is 10.6. The number of halogens is 3. The van der Waals surface area contributed by atoms with Crippen LogP contribution in [0.15, 0.2) is 35.5 Å². The summed E-state index contributed by atoms with van der Waals surface area (Å²) in [5.41, 5.74) is -0.313. The highest BCUT2D eigenvalue weighted by atomic mass is 19.4. The summed E-state index contributed by atoms with van der Waals surface area (Å²) in [6.07, 6.45) is -4.51. The highest BCUT2D eigenvalue weighted by Gasteiger charge is 2.39. The molecule has 4 amide bonds. The summed E-state index contributed by atoms with van der Waals surface area (Å²) in [5, 5.41) is 5.69. The van der Waals surface area contributed by atoms with E-state index in [0.717, 1.165) is 12.1 Å². The van der Waals surface area contributed by atoms with Crippen LogP contribution in [0.1, 0.15) is 51.8 Å². The van der Waals surface area contributed by atoms with E-state index < -0.39 is 29.8 Å². The number of carbonyl (C=O) groups excluding carboxylic acids is 3. The van der Waals surface area contributed by atoms with Crippen LogP contribution in [-0.4, -0.2) is 84.1 Å². The predicted octanol–water partition coefficient (Wildman–Crippen LogP) is 3.73. The van der Waals surface area contributed by atoms with Crippen LogP contribution in [-0.2, 0) is 15.7 Å². The lowest BCUT2D eigenvalue weighted by molar-refractivity contribution is -0.139. The first-order valence-electron chi connectivity index (χ1n) is 12.5. The van der Waals surface area contributed by atoms with Crippen molar-refractivity contribution in [3.05, 3.63) is 46.7 Å². The van der Waals surface area contributed by atoms with Crippen molar-refractivity contribution in [1.29, 1.82) is 0 Å². The van der Waals surface area contributed by atoms with Crippen LogP contribution in [0.2, 0.25) is 0 Å². The SMILES string of the molecule is CCOC(=O)C1=C(CN2CCN(C(=O)NC(C)(C)C)C(C)C2)N(C)C(=O)NC1c1ccc(C(F)(F)F)cc1. The maximum Gasteiger partial charge on any atom is 0.416 e. The monoisotopic (exact) mass is 539 g/mol. The van der Waals surface area contributed by atoms with Crippen molar-refractivity contribution < 1.29 is 32.3 Å². The Bertz CT molecular complexity index is 1080. The molecular weight excluding hydrogens is 503 g/mol. The molecule has 38 heavy (non-hydrogen) atoms. The van der Waals surface area contributed by atoms with Crippen LogP contribution in [0.5, 0.6) is 0 Å². The number of likely N-dealkylation sites (N-methyl/N-ethyl adjacent to an activating group) is 1. The molecule has 2 unspecified atom stereocenters. The quantitative estimate of drug-likeness (QED) is 0.557. The molecule has 0 radical (unpaired) electrons. The molecule has 1 fully saturated rings. The Balaban J connectivity index is 1.91. The van der Waals surface area contributed by atoms with Gasteiger partial charge in [-0.2, -0.15) is 13.2 Å². The third-order valence-electron chi connectivity index (χ3n) is 6.47. The van der Waals surface area contributed by atoms with Crippen molar-refractivity contribution in [1.82, 2.24) is 25.3 Å². The molecule has 2 heterocycles. The van der Waals surface area contributed by atoms with E-state index in [1.165, 1.54) is 24.1 Å². The number of rotatable bonds is 5. The molecule has 1 saturated heterocycles. The minimum atomic E-state index is -4.51. The van der Waals surface area contributed by atoms with Crippen molar-refractivity contribution in [2.75, 3.05) is 39.8 Å². The van der Waals surface area contributed by atoms with Crippen LogP contribution in [0.3, 0.4) is 0 Å². The highest BCUT2D eigenvalue weighted by molar-refractivity contribution is 5.95. The van der Waals surface area contributed by atoms with Gasteiger partial charge < -0.3 is 20.3 Å². The second kappa shape index (κ2) is 11.2. The number of amides is 4. The Hall–Kier alpha value is -3.28. The fraction of sp³-hybridized carbons (Fsp3) is 0.577. The molecule has 12 heteroatoms. The van der Waals surface area contributed by atoms with Crippen molar-refractivity contribution >= 4 is 18.0 Å². The average Bonchev–Trinajstić information content (AvgIpc) is 2.80.